The van der Waals surface area contributed by atoms with Gasteiger partial charge in [-0.15, -0.1) is 0 Å². The zero-order chi connectivity index (χ0) is 34.1. The maximum Gasteiger partial charge on any atom is 0.306 e. The Labute approximate surface area is 291 Å². The van der Waals surface area contributed by atoms with Gasteiger partial charge in [-0.2, -0.15) is 0 Å². The first-order valence-electron chi connectivity index (χ1n) is 19.5. The number of carbonyl (C=O) groups is 1. The highest BCUT2D eigenvalue weighted by molar-refractivity contribution is 5.69. The molecule has 0 amide bonds. The molecule has 4 heteroatoms. The number of allylic oxidation sites excluding steroid dienone is 12. The van der Waals surface area contributed by atoms with E-state index in [0.29, 0.717) is 13.0 Å². The lowest BCUT2D eigenvalue weighted by atomic mass is 10.1. The summed E-state index contributed by atoms with van der Waals surface area (Å²) in [5.41, 5.74) is 0. The minimum atomic E-state index is -0.547. The fourth-order valence-electron chi connectivity index (χ4n) is 5.12. The van der Waals surface area contributed by atoms with E-state index in [1.165, 1.54) is 83.5 Å². The maximum atomic E-state index is 12.1. The van der Waals surface area contributed by atoms with Gasteiger partial charge in [0.1, 0.15) is 6.10 Å². The lowest BCUT2D eigenvalue weighted by molar-refractivity contribution is -0.154. The second-order valence-electron chi connectivity index (χ2n) is 12.6. The highest BCUT2D eigenvalue weighted by atomic mass is 16.6. The zero-order valence-corrected chi connectivity index (χ0v) is 30.8. The second kappa shape index (κ2) is 40.0. The summed E-state index contributed by atoms with van der Waals surface area (Å²) in [7, 11) is 0. The molecule has 0 spiro atoms. The largest absolute Gasteiger partial charge is 0.457 e. The van der Waals surface area contributed by atoms with Crippen LogP contribution in [0.2, 0.25) is 0 Å². The van der Waals surface area contributed by atoms with Crippen LogP contribution in [-0.4, -0.2) is 37.0 Å². The Balaban J connectivity index is 3.48. The number of hydrogen-bond donors (Lipinski definition) is 1. The molecule has 47 heavy (non-hydrogen) atoms. The van der Waals surface area contributed by atoms with E-state index >= 15 is 0 Å². The van der Waals surface area contributed by atoms with E-state index in [2.05, 4.69) is 86.8 Å². The molecule has 0 aromatic heterocycles. The molecule has 0 rings (SSSR count). The summed E-state index contributed by atoms with van der Waals surface area (Å²) in [5.74, 6) is -0.221. The third-order valence-electron chi connectivity index (χ3n) is 8.00. The summed E-state index contributed by atoms with van der Waals surface area (Å²) in [6.07, 6.45) is 53.8. The molecular formula is C43H74O4. The Hall–Kier alpha value is -2.17. The molecular weight excluding hydrogens is 580 g/mol. The Bertz CT molecular complexity index is 820. The summed E-state index contributed by atoms with van der Waals surface area (Å²) in [6, 6.07) is 0. The molecule has 0 aromatic carbocycles. The number of hydrogen-bond acceptors (Lipinski definition) is 4. The smallest absolute Gasteiger partial charge is 0.306 e. The van der Waals surface area contributed by atoms with E-state index < -0.39 is 6.10 Å². The van der Waals surface area contributed by atoms with Crippen LogP contribution in [0.4, 0.5) is 0 Å². The van der Waals surface area contributed by atoms with Crippen molar-refractivity contribution in [1.82, 2.24) is 0 Å². The molecule has 1 atom stereocenters. The summed E-state index contributed by atoms with van der Waals surface area (Å²) in [5, 5.41) is 9.57. The van der Waals surface area contributed by atoms with Crippen molar-refractivity contribution in [2.45, 2.75) is 174 Å². The minimum Gasteiger partial charge on any atom is -0.457 e. The molecule has 270 valence electrons. The first-order chi connectivity index (χ1) is 23.2. The molecule has 0 saturated carbocycles. The van der Waals surface area contributed by atoms with Crippen molar-refractivity contribution in [3.63, 3.8) is 0 Å². The van der Waals surface area contributed by atoms with Gasteiger partial charge in [-0.3, -0.25) is 4.79 Å². The highest BCUT2D eigenvalue weighted by Gasteiger charge is 2.13. The summed E-state index contributed by atoms with van der Waals surface area (Å²) in [4.78, 5) is 12.1. The maximum absolute atomic E-state index is 12.1. The first-order valence-corrected chi connectivity index (χ1v) is 19.5. The quantitative estimate of drug-likeness (QED) is 0.0420. The molecule has 0 aliphatic rings. The van der Waals surface area contributed by atoms with Crippen LogP contribution in [0, 0.1) is 0 Å². The molecule has 0 radical (unpaired) electrons. The Kier molecular flexibility index (Phi) is 38.2. The third kappa shape index (κ3) is 38.2. The van der Waals surface area contributed by atoms with Crippen molar-refractivity contribution < 1.29 is 19.4 Å². The molecule has 0 aromatic rings. The molecule has 1 unspecified atom stereocenters. The predicted molar refractivity (Wildman–Crippen MR) is 205 cm³/mol. The van der Waals surface area contributed by atoms with E-state index in [1.807, 2.05) is 0 Å². The van der Waals surface area contributed by atoms with Gasteiger partial charge in [-0.1, -0.05) is 157 Å². The third-order valence-corrected chi connectivity index (χ3v) is 8.00. The summed E-state index contributed by atoms with van der Waals surface area (Å²) in [6.45, 7) is 5.13. The Morgan fingerprint density at radius 1 is 0.532 bits per heavy atom. The van der Waals surface area contributed by atoms with Crippen LogP contribution >= 0.6 is 0 Å². The van der Waals surface area contributed by atoms with Crippen molar-refractivity contribution in [1.29, 1.82) is 0 Å². The first kappa shape index (κ1) is 44.8. The zero-order valence-electron chi connectivity index (χ0n) is 30.8. The fourth-order valence-corrected chi connectivity index (χ4v) is 5.12. The second-order valence-corrected chi connectivity index (χ2v) is 12.6. The highest BCUT2D eigenvalue weighted by Crippen LogP contribution is 2.12. The molecule has 4 nitrogen and oxygen atoms in total. The number of aliphatic hydroxyl groups excluding tert-OH is 1. The molecule has 0 saturated heterocycles. The molecule has 0 aliphatic heterocycles. The predicted octanol–water partition coefficient (Wildman–Crippen LogP) is 12.6. The Morgan fingerprint density at radius 2 is 0.957 bits per heavy atom. The van der Waals surface area contributed by atoms with Crippen molar-refractivity contribution >= 4 is 5.97 Å². The average molecular weight is 655 g/mol. The van der Waals surface area contributed by atoms with Gasteiger partial charge in [-0.05, 0) is 77.0 Å². The van der Waals surface area contributed by atoms with Crippen molar-refractivity contribution in [3.05, 3.63) is 72.9 Å². The number of aliphatic hydroxyl groups is 1. The number of carbonyl (C=O) groups excluding carboxylic acids is 1. The van der Waals surface area contributed by atoms with E-state index in [1.54, 1.807) is 0 Å². The molecule has 0 heterocycles. The Morgan fingerprint density at radius 3 is 1.45 bits per heavy atom. The van der Waals surface area contributed by atoms with Gasteiger partial charge in [0.15, 0.2) is 0 Å². The lowest BCUT2D eigenvalue weighted by Crippen LogP contribution is -2.27. The van der Waals surface area contributed by atoms with Gasteiger partial charge < -0.3 is 14.6 Å². The normalized spacial score (nSPS) is 13.2. The fraction of sp³-hybridized carbons (Fsp3) is 0.698. The number of ether oxygens (including phenoxy) is 2. The lowest BCUT2D eigenvalue weighted by Gasteiger charge is -2.15. The van der Waals surface area contributed by atoms with Crippen LogP contribution in [0.1, 0.15) is 168 Å². The molecule has 0 bridgehead atoms. The van der Waals surface area contributed by atoms with Crippen LogP contribution < -0.4 is 0 Å². The number of rotatable bonds is 35. The van der Waals surface area contributed by atoms with Crippen LogP contribution in [0.3, 0.4) is 0 Å². The van der Waals surface area contributed by atoms with Gasteiger partial charge in [0.25, 0.3) is 0 Å². The van der Waals surface area contributed by atoms with Gasteiger partial charge >= 0.3 is 5.97 Å². The van der Waals surface area contributed by atoms with Gasteiger partial charge in [0.2, 0.25) is 0 Å². The van der Waals surface area contributed by atoms with Crippen LogP contribution in [0.25, 0.3) is 0 Å². The topological polar surface area (TPSA) is 55.8 Å². The minimum absolute atomic E-state index is 0.183. The standard InChI is InChI=1S/C43H74O4/c1-3-5-7-9-11-13-15-17-18-19-20-21-22-23-24-25-27-29-31-33-35-37-39-46-41-42(40-44)47-43(45)38-36-34-32-30-28-26-16-14-12-10-8-6-4-2/h5,7-8,10-11,13-14,16-18,20-21,42,44H,3-4,6,9,12,15,19,22-41H2,1-2H3/b7-5-,10-8-,13-11-,16-14-,18-17-,21-20-. The van der Waals surface area contributed by atoms with E-state index in [4.69, 9.17) is 9.47 Å². The van der Waals surface area contributed by atoms with Gasteiger partial charge in [0.05, 0.1) is 13.2 Å². The van der Waals surface area contributed by atoms with Crippen molar-refractivity contribution in [3.8, 4) is 0 Å². The van der Waals surface area contributed by atoms with Crippen molar-refractivity contribution in [2.24, 2.45) is 0 Å². The van der Waals surface area contributed by atoms with Gasteiger partial charge in [-0.25, -0.2) is 0 Å². The van der Waals surface area contributed by atoms with Crippen LogP contribution in [-0.2, 0) is 14.3 Å². The molecule has 1 N–H and O–H groups in total. The summed E-state index contributed by atoms with van der Waals surface area (Å²) >= 11 is 0. The number of esters is 1. The average Bonchev–Trinajstić information content (AvgIpc) is 3.08. The van der Waals surface area contributed by atoms with E-state index in [9.17, 15) is 9.90 Å². The van der Waals surface area contributed by atoms with Crippen LogP contribution in [0.5, 0.6) is 0 Å². The monoisotopic (exact) mass is 655 g/mol. The van der Waals surface area contributed by atoms with Crippen LogP contribution in [0.15, 0.2) is 72.9 Å². The van der Waals surface area contributed by atoms with Crippen molar-refractivity contribution in [2.75, 3.05) is 19.8 Å². The molecule has 0 aliphatic carbocycles. The SMILES string of the molecule is CC/C=C\C/C=C\C/C=C\C/C=C\CCCCCCCCCCCOCC(CO)OC(=O)CCCCCCC/C=C\C/C=C\CCC. The van der Waals surface area contributed by atoms with Gasteiger partial charge in [0, 0.05) is 13.0 Å². The molecule has 0 fully saturated rings. The van der Waals surface area contributed by atoms with E-state index in [-0.39, 0.29) is 19.2 Å². The summed E-state index contributed by atoms with van der Waals surface area (Å²) < 4.78 is 11.1. The number of unbranched alkanes of at least 4 members (excludes halogenated alkanes) is 15. The van der Waals surface area contributed by atoms with E-state index in [0.717, 1.165) is 64.2 Å².